The Morgan fingerprint density at radius 1 is 1.05 bits per heavy atom. The van der Waals surface area contributed by atoms with Gasteiger partial charge < -0.3 is 34.5 Å². The minimum absolute atomic E-state index is 0.435. The minimum Gasteiger partial charge on any atom is -0.394 e. The molecule has 1 saturated heterocycles. The summed E-state index contributed by atoms with van der Waals surface area (Å²) in [6.07, 6.45) is -4.10. The largest absolute Gasteiger partial charge is 0.490 e. The van der Waals surface area contributed by atoms with E-state index in [-0.39, 0.29) is 0 Å². The van der Waals surface area contributed by atoms with Crippen molar-refractivity contribution in [3.63, 3.8) is 0 Å². The van der Waals surface area contributed by atoms with Gasteiger partial charge in [-0.25, -0.2) is 13.7 Å². The molecule has 0 bridgehead atoms. The predicted octanol–water partition coefficient (Wildman–Crippen LogP) is -1.55. The number of phosphoric ester groups is 1. The van der Waals surface area contributed by atoms with Crippen molar-refractivity contribution < 1.29 is 61.4 Å². The van der Waals surface area contributed by atoms with E-state index in [1.54, 1.807) is 0 Å². The second-order valence-corrected chi connectivity index (χ2v) is 8.15. The summed E-state index contributed by atoms with van der Waals surface area (Å²) < 4.78 is 48.9. The van der Waals surface area contributed by atoms with Crippen LogP contribution in [0.4, 0.5) is 0 Å². The predicted molar refractivity (Wildman–Crippen MR) is 61.6 cm³/mol. The highest BCUT2D eigenvalue weighted by molar-refractivity contribution is 7.66. The highest BCUT2D eigenvalue weighted by atomic mass is 31.3. The molecule has 126 valence electrons. The summed E-state index contributed by atoms with van der Waals surface area (Å²) in [5.41, 5.74) is 0. The van der Waals surface area contributed by atoms with E-state index in [1.165, 1.54) is 0 Å². The van der Waals surface area contributed by atoms with Crippen LogP contribution in [-0.2, 0) is 31.6 Å². The summed E-state index contributed by atoms with van der Waals surface area (Å²) in [6, 6.07) is 0. The van der Waals surface area contributed by atoms with Gasteiger partial charge in [0.25, 0.3) is 0 Å². The Kier molecular flexibility index (Phi) is 6.27. The zero-order valence-electron chi connectivity index (χ0n) is 10.0. The fourth-order valence-electron chi connectivity index (χ4n) is 1.38. The molecule has 6 N–H and O–H groups in total. The monoisotopic (exact) mass is 374 g/mol. The lowest BCUT2D eigenvalue weighted by molar-refractivity contribution is -0.00599. The molecule has 1 fully saturated rings. The molecule has 0 aromatic rings. The first-order chi connectivity index (χ1) is 9.35. The van der Waals surface area contributed by atoms with Gasteiger partial charge in [0.15, 0.2) is 0 Å². The average Bonchev–Trinajstić information content (AvgIpc) is 2.53. The molecule has 0 amide bonds. The summed E-state index contributed by atoms with van der Waals surface area (Å²) in [7, 11) is -16.4. The number of rotatable bonds is 7. The maximum absolute atomic E-state index is 11.4. The number of aliphatic hydroxyl groups excluding tert-OH is 2. The lowest BCUT2D eigenvalue weighted by Crippen LogP contribution is -2.33. The van der Waals surface area contributed by atoms with Crippen LogP contribution in [0.25, 0.3) is 0 Å². The van der Waals surface area contributed by atoms with Crippen LogP contribution < -0.4 is 0 Å². The van der Waals surface area contributed by atoms with Crippen molar-refractivity contribution in [1.29, 1.82) is 0 Å². The third-order valence-corrected chi connectivity index (χ3v) is 5.97. The van der Waals surface area contributed by atoms with Crippen LogP contribution in [0.2, 0.25) is 0 Å². The first-order valence-electron chi connectivity index (χ1n) is 5.08. The second-order valence-electron chi connectivity index (χ2n) is 3.78. The number of aliphatic hydroxyl groups is 2. The van der Waals surface area contributed by atoms with Crippen LogP contribution in [0.3, 0.4) is 0 Å². The van der Waals surface area contributed by atoms with Crippen molar-refractivity contribution in [2.75, 3.05) is 13.2 Å². The molecule has 21 heavy (non-hydrogen) atoms. The minimum atomic E-state index is -5.61. The van der Waals surface area contributed by atoms with E-state index in [1.807, 2.05) is 0 Å². The van der Waals surface area contributed by atoms with Crippen LogP contribution in [0, 0.1) is 0 Å². The number of phosphoric acid groups is 3. The first-order valence-corrected chi connectivity index (χ1v) is 9.60. The van der Waals surface area contributed by atoms with Crippen LogP contribution >= 0.6 is 23.5 Å². The highest BCUT2D eigenvalue weighted by Crippen LogP contribution is 2.66. The Bertz CT molecular complexity index is 498. The van der Waals surface area contributed by atoms with Gasteiger partial charge in [0, 0.05) is 0 Å². The Hall–Kier alpha value is 0.290. The molecule has 1 heterocycles. The Labute approximate surface area is 117 Å². The summed E-state index contributed by atoms with van der Waals surface area (Å²) in [5.74, 6) is 0. The van der Waals surface area contributed by atoms with Crippen molar-refractivity contribution in [1.82, 2.24) is 0 Å². The number of hydrogen-bond donors (Lipinski definition) is 6. The zero-order chi connectivity index (χ0) is 16.5. The molecule has 16 heteroatoms. The highest BCUT2D eigenvalue weighted by Gasteiger charge is 2.45. The van der Waals surface area contributed by atoms with Crippen LogP contribution in [0.1, 0.15) is 0 Å². The van der Waals surface area contributed by atoms with E-state index in [0.29, 0.717) is 0 Å². The molecule has 0 saturated carbocycles. The average molecular weight is 374 g/mol. The molecule has 0 spiro atoms. The Morgan fingerprint density at radius 2 is 1.62 bits per heavy atom. The third kappa shape index (κ3) is 6.51. The summed E-state index contributed by atoms with van der Waals surface area (Å²) >= 11 is 0. The molecule has 0 aromatic heterocycles. The summed E-state index contributed by atoms with van der Waals surface area (Å²) in [5, 5.41) is 18.3. The van der Waals surface area contributed by atoms with E-state index < -0.39 is 55.0 Å². The molecule has 13 nitrogen and oxygen atoms in total. The smallest absolute Gasteiger partial charge is 0.394 e. The standard InChI is InChI=1S/C5H13O13P3/c6-1-3-5(7)4(2-15-3)16-20(11,12)18-21(13,14)17-19(8,9)10/h3-7H,1-2H2,(H,11,12)(H,13,14)(H2,8,9,10)/t3-,4+,5-/m1/s1. The lowest BCUT2D eigenvalue weighted by atomic mass is 10.2. The van der Waals surface area contributed by atoms with Gasteiger partial charge in [-0.3, -0.25) is 4.52 Å². The topological polar surface area (TPSA) is 210 Å². The van der Waals surface area contributed by atoms with Crippen molar-refractivity contribution in [3.05, 3.63) is 0 Å². The molecule has 0 radical (unpaired) electrons. The molecule has 0 aliphatic carbocycles. The van der Waals surface area contributed by atoms with Gasteiger partial charge in [-0.05, 0) is 0 Å². The van der Waals surface area contributed by atoms with Gasteiger partial charge in [-0.1, -0.05) is 0 Å². The van der Waals surface area contributed by atoms with Crippen molar-refractivity contribution in [3.8, 4) is 0 Å². The maximum atomic E-state index is 11.4. The molecular formula is C5H13O13P3. The molecule has 1 rings (SSSR count). The van der Waals surface area contributed by atoms with Crippen molar-refractivity contribution >= 4 is 23.5 Å². The zero-order valence-corrected chi connectivity index (χ0v) is 12.7. The van der Waals surface area contributed by atoms with Crippen molar-refractivity contribution in [2.45, 2.75) is 18.3 Å². The van der Waals surface area contributed by atoms with Gasteiger partial charge in [-0.15, -0.1) is 0 Å². The van der Waals surface area contributed by atoms with Gasteiger partial charge in [0.05, 0.1) is 13.2 Å². The van der Waals surface area contributed by atoms with Crippen LogP contribution in [0.5, 0.6) is 0 Å². The molecule has 1 aliphatic rings. The normalized spacial score (nSPS) is 32.6. The number of ether oxygens (including phenoxy) is 1. The fraction of sp³-hybridized carbons (Fsp3) is 1.00. The van der Waals surface area contributed by atoms with Gasteiger partial charge in [0.1, 0.15) is 18.3 Å². The van der Waals surface area contributed by atoms with E-state index in [0.717, 1.165) is 0 Å². The summed E-state index contributed by atoms with van der Waals surface area (Å²) in [6.45, 7) is -1.05. The van der Waals surface area contributed by atoms with E-state index in [4.69, 9.17) is 24.5 Å². The Balaban J connectivity index is 2.68. The second kappa shape index (κ2) is 6.81. The number of hydrogen-bond acceptors (Lipinski definition) is 9. The summed E-state index contributed by atoms with van der Waals surface area (Å²) in [4.78, 5) is 34.7. The maximum Gasteiger partial charge on any atom is 0.490 e. The fourth-order valence-corrected chi connectivity index (χ4v) is 4.57. The molecule has 5 atom stereocenters. The van der Waals surface area contributed by atoms with E-state index in [2.05, 4.69) is 13.1 Å². The lowest BCUT2D eigenvalue weighted by Gasteiger charge is -2.20. The first kappa shape index (κ1) is 19.3. The molecule has 2 unspecified atom stereocenters. The van der Waals surface area contributed by atoms with Gasteiger partial charge >= 0.3 is 23.5 Å². The van der Waals surface area contributed by atoms with Gasteiger partial charge in [0.2, 0.25) is 0 Å². The van der Waals surface area contributed by atoms with E-state index >= 15 is 0 Å². The SMILES string of the molecule is O=P(O)(O)OP(=O)(O)OP(=O)(O)O[C@H]1CO[C@H](CO)[C@H]1O. The molecule has 0 aromatic carbocycles. The quantitative estimate of drug-likeness (QED) is 0.279. The van der Waals surface area contributed by atoms with Crippen LogP contribution in [0.15, 0.2) is 0 Å². The van der Waals surface area contributed by atoms with Crippen LogP contribution in [-0.4, -0.2) is 61.3 Å². The van der Waals surface area contributed by atoms with Gasteiger partial charge in [-0.2, -0.15) is 8.62 Å². The molecular weight excluding hydrogens is 361 g/mol. The third-order valence-electron chi connectivity index (χ3n) is 2.10. The Morgan fingerprint density at radius 3 is 2.05 bits per heavy atom. The van der Waals surface area contributed by atoms with Crippen molar-refractivity contribution in [2.24, 2.45) is 0 Å². The molecule has 1 aliphatic heterocycles. The van der Waals surface area contributed by atoms with E-state index in [9.17, 15) is 23.7 Å².